The SMILES string of the molecule is O=C(CCBr)c1ccc([N+](=O)[O-])cc1SC(F)(F)F. The summed E-state index contributed by atoms with van der Waals surface area (Å²) in [4.78, 5) is 20.9. The van der Waals surface area contributed by atoms with Gasteiger partial charge in [0.05, 0.1) is 4.92 Å². The molecule has 0 fully saturated rings. The van der Waals surface area contributed by atoms with Gasteiger partial charge in [0.1, 0.15) is 0 Å². The van der Waals surface area contributed by atoms with Crippen LogP contribution in [0.1, 0.15) is 16.8 Å². The minimum Gasteiger partial charge on any atom is -0.294 e. The van der Waals surface area contributed by atoms with Crippen molar-refractivity contribution in [1.29, 1.82) is 0 Å². The van der Waals surface area contributed by atoms with Crippen molar-refractivity contribution in [1.82, 2.24) is 0 Å². The number of alkyl halides is 4. The Hall–Kier alpha value is -1.09. The van der Waals surface area contributed by atoms with E-state index in [1.807, 2.05) is 0 Å². The number of benzene rings is 1. The zero-order valence-electron chi connectivity index (χ0n) is 9.24. The van der Waals surface area contributed by atoms with E-state index in [9.17, 15) is 28.1 Å². The third-order valence-electron chi connectivity index (χ3n) is 2.02. The zero-order valence-corrected chi connectivity index (χ0v) is 11.6. The molecule has 0 N–H and O–H groups in total. The van der Waals surface area contributed by atoms with Crippen molar-refractivity contribution in [3.05, 3.63) is 33.9 Å². The Balaban J connectivity index is 3.22. The third-order valence-corrected chi connectivity index (χ3v) is 3.21. The predicted molar refractivity (Wildman–Crippen MR) is 67.7 cm³/mol. The molecule has 0 aliphatic heterocycles. The van der Waals surface area contributed by atoms with Gasteiger partial charge in [-0.2, -0.15) is 13.2 Å². The predicted octanol–water partition coefficient (Wildman–Crippen LogP) is 4.17. The Labute approximate surface area is 118 Å². The standard InChI is InChI=1S/C10H7BrF3NO3S/c11-4-3-8(16)7-2-1-6(15(17)18)5-9(7)19-10(12,13)14/h1-2,5H,3-4H2. The zero-order chi connectivity index (χ0) is 14.6. The highest BCUT2D eigenvalue weighted by Crippen LogP contribution is 2.40. The molecule has 0 saturated heterocycles. The summed E-state index contributed by atoms with van der Waals surface area (Å²) in [6, 6.07) is 2.83. The number of halogens is 4. The molecule has 0 amide bonds. The van der Waals surface area contributed by atoms with Crippen LogP contribution in [0.5, 0.6) is 0 Å². The van der Waals surface area contributed by atoms with Gasteiger partial charge >= 0.3 is 5.51 Å². The maximum absolute atomic E-state index is 12.4. The Bertz CT molecular complexity index is 507. The first-order valence-electron chi connectivity index (χ1n) is 4.88. The van der Waals surface area contributed by atoms with Crippen LogP contribution in [-0.4, -0.2) is 21.5 Å². The third kappa shape index (κ3) is 4.83. The molecule has 0 aliphatic rings. The van der Waals surface area contributed by atoms with Gasteiger partial charge in [0, 0.05) is 34.3 Å². The van der Waals surface area contributed by atoms with Crippen LogP contribution >= 0.6 is 27.7 Å². The highest BCUT2D eigenvalue weighted by Gasteiger charge is 2.32. The lowest BCUT2D eigenvalue weighted by molar-refractivity contribution is -0.385. The molecule has 0 heterocycles. The molecule has 1 aromatic rings. The van der Waals surface area contributed by atoms with Gasteiger partial charge in [-0.1, -0.05) is 15.9 Å². The van der Waals surface area contributed by atoms with Crippen LogP contribution < -0.4 is 0 Å². The quantitative estimate of drug-likeness (QED) is 0.261. The highest BCUT2D eigenvalue weighted by molar-refractivity contribution is 9.09. The number of hydrogen-bond donors (Lipinski definition) is 0. The summed E-state index contributed by atoms with van der Waals surface area (Å²) in [5.41, 5.74) is -5.26. The molecule has 19 heavy (non-hydrogen) atoms. The average Bonchev–Trinajstić information content (AvgIpc) is 2.26. The number of nitro groups is 1. The number of hydrogen-bond acceptors (Lipinski definition) is 4. The Morgan fingerprint density at radius 2 is 2.05 bits per heavy atom. The molecular weight excluding hydrogens is 351 g/mol. The lowest BCUT2D eigenvalue weighted by Gasteiger charge is -2.09. The van der Waals surface area contributed by atoms with Crippen molar-refractivity contribution in [2.24, 2.45) is 0 Å². The smallest absolute Gasteiger partial charge is 0.294 e. The largest absolute Gasteiger partial charge is 0.446 e. The molecule has 0 bridgehead atoms. The van der Waals surface area contributed by atoms with E-state index in [0.717, 1.165) is 18.2 Å². The van der Waals surface area contributed by atoms with Crippen LogP contribution in [0.25, 0.3) is 0 Å². The van der Waals surface area contributed by atoms with Gasteiger partial charge in [0.2, 0.25) is 0 Å². The number of rotatable bonds is 5. The number of non-ortho nitro benzene ring substituents is 1. The van der Waals surface area contributed by atoms with E-state index >= 15 is 0 Å². The van der Waals surface area contributed by atoms with Crippen LogP contribution in [0.2, 0.25) is 0 Å². The van der Waals surface area contributed by atoms with E-state index in [-0.39, 0.29) is 12.0 Å². The van der Waals surface area contributed by atoms with Crippen molar-refractivity contribution in [2.45, 2.75) is 16.8 Å². The average molecular weight is 358 g/mol. The Morgan fingerprint density at radius 1 is 1.42 bits per heavy atom. The molecule has 104 valence electrons. The molecule has 4 nitrogen and oxygen atoms in total. The van der Waals surface area contributed by atoms with Crippen molar-refractivity contribution in [3.8, 4) is 0 Å². The number of carbonyl (C=O) groups excluding carboxylic acids is 1. The van der Waals surface area contributed by atoms with Gasteiger partial charge in [-0.05, 0) is 17.8 Å². The fraction of sp³-hybridized carbons (Fsp3) is 0.300. The minimum atomic E-state index is -4.61. The molecule has 0 unspecified atom stereocenters. The number of carbonyl (C=O) groups is 1. The van der Waals surface area contributed by atoms with Gasteiger partial charge in [0.25, 0.3) is 5.69 Å². The molecule has 0 spiro atoms. The van der Waals surface area contributed by atoms with Gasteiger partial charge < -0.3 is 0 Å². The molecule has 0 saturated carbocycles. The van der Waals surface area contributed by atoms with Crippen molar-refractivity contribution in [3.63, 3.8) is 0 Å². The van der Waals surface area contributed by atoms with E-state index in [4.69, 9.17) is 0 Å². The molecule has 0 aliphatic carbocycles. The summed E-state index contributed by atoms with van der Waals surface area (Å²) in [6.45, 7) is 0. The number of Topliss-reactive ketones (excluding diaryl/α,β-unsaturated/α-hetero) is 1. The Morgan fingerprint density at radius 3 is 2.53 bits per heavy atom. The number of thioether (sulfide) groups is 1. The fourth-order valence-electron chi connectivity index (χ4n) is 1.28. The van der Waals surface area contributed by atoms with Gasteiger partial charge in [-0.15, -0.1) is 0 Å². The summed E-state index contributed by atoms with van der Waals surface area (Å²) in [7, 11) is 0. The topological polar surface area (TPSA) is 60.2 Å². The maximum Gasteiger partial charge on any atom is 0.446 e. The maximum atomic E-state index is 12.4. The molecule has 9 heteroatoms. The van der Waals surface area contributed by atoms with Gasteiger partial charge in [-0.25, -0.2) is 0 Å². The molecular formula is C10H7BrF3NO3S. The van der Waals surface area contributed by atoms with Crippen molar-refractivity contribution >= 4 is 39.2 Å². The van der Waals surface area contributed by atoms with E-state index < -0.39 is 38.6 Å². The molecule has 1 aromatic carbocycles. The molecule has 1 rings (SSSR count). The van der Waals surface area contributed by atoms with E-state index in [1.54, 1.807) is 0 Å². The second kappa shape index (κ2) is 6.38. The second-order valence-electron chi connectivity index (χ2n) is 3.35. The first-order valence-corrected chi connectivity index (χ1v) is 6.81. The van der Waals surface area contributed by atoms with Gasteiger partial charge in [-0.3, -0.25) is 14.9 Å². The highest BCUT2D eigenvalue weighted by atomic mass is 79.9. The normalized spacial score (nSPS) is 11.4. The summed E-state index contributed by atoms with van der Waals surface area (Å²) in [5.74, 6) is -0.501. The van der Waals surface area contributed by atoms with Crippen LogP contribution in [0.4, 0.5) is 18.9 Å². The monoisotopic (exact) mass is 357 g/mol. The van der Waals surface area contributed by atoms with E-state index in [0.29, 0.717) is 5.33 Å². The summed E-state index contributed by atoms with van der Waals surface area (Å²) in [6.07, 6.45) is 0.0171. The first-order chi connectivity index (χ1) is 8.74. The van der Waals surface area contributed by atoms with Crippen molar-refractivity contribution < 1.29 is 22.9 Å². The first kappa shape index (κ1) is 16.0. The number of nitro benzene ring substituents is 1. The fourth-order valence-corrected chi connectivity index (χ4v) is 2.37. The second-order valence-corrected chi connectivity index (χ2v) is 5.25. The summed E-state index contributed by atoms with van der Waals surface area (Å²) in [5, 5.41) is 10.9. The lowest BCUT2D eigenvalue weighted by Crippen LogP contribution is -2.06. The van der Waals surface area contributed by atoms with Crippen LogP contribution in [-0.2, 0) is 0 Å². The number of nitrogens with zero attached hydrogens (tertiary/aromatic N) is 1. The number of ketones is 1. The van der Waals surface area contributed by atoms with Crippen LogP contribution in [0.15, 0.2) is 23.1 Å². The summed E-state index contributed by atoms with van der Waals surface area (Å²) >= 11 is 2.49. The Kier molecular flexibility index (Phi) is 5.36. The van der Waals surface area contributed by atoms with Crippen LogP contribution in [0.3, 0.4) is 0 Å². The minimum absolute atomic E-state index is 0.0171. The molecule has 0 aromatic heterocycles. The van der Waals surface area contributed by atoms with Crippen molar-refractivity contribution in [2.75, 3.05) is 5.33 Å². The van der Waals surface area contributed by atoms with Crippen LogP contribution in [0, 0.1) is 10.1 Å². The summed E-state index contributed by atoms with van der Waals surface area (Å²) < 4.78 is 37.1. The lowest BCUT2D eigenvalue weighted by atomic mass is 10.1. The van der Waals surface area contributed by atoms with Gasteiger partial charge in [0.15, 0.2) is 5.78 Å². The van der Waals surface area contributed by atoms with E-state index in [2.05, 4.69) is 15.9 Å². The molecule has 0 atom stereocenters. The molecule has 0 radical (unpaired) electrons. The van der Waals surface area contributed by atoms with E-state index in [1.165, 1.54) is 0 Å².